The molecule has 3 aromatic carbocycles. The number of aliphatic hydroxyl groups is 1. The van der Waals surface area contributed by atoms with Crippen molar-refractivity contribution in [1.82, 2.24) is 10.2 Å². The highest BCUT2D eigenvalue weighted by molar-refractivity contribution is 5.90. The zero-order chi connectivity index (χ0) is 21.4. The molecular weight excluding hydrogens is 384 g/mol. The fourth-order valence-corrected chi connectivity index (χ4v) is 5.08. The van der Waals surface area contributed by atoms with Gasteiger partial charge in [-0.2, -0.15) is 0 Å². The van der Waals surface area contributed by atoms with Crippen LogP contribution in [-0.4, -0.2) is 35.0 Å². The number of likely N-dealkylation sites (tertiary alicyclic amines) is 1. The van der Waals surface area contributed by atoms with Crippen molar-refractivity contribution in [1.29, 1.82) is 0 Å². The van der Waals surface area contributed by atoms with Gasteiger partial charge in [0.25, 0.3) is 5.91 Å². The maximum absolute atomic E-state index is 13.4. The van der Waals surface area contributed by atoms with Crippen molar-refractivity contribution < 1.29 is 9.90 Å². The van der Waals surface area contributed by atoms with Crippen LogP contribution in [0.2, 0.25) is 0 Å². The number of carbonyl (C=O) groups excluding carboxylic acids is 1. The average Bonchev–Trinajstić information content (AvgIpc) is 3.26. The molecule has 2 aliphatic rings. The summed E-state index contributed by atoms with van der Waals surface area (Å²) in [6.07, 6.45) is 0. The topological polar surface area (TPSA) is 52.6 Å². The molecule has 0 spiro atoms. The molecule has 1 saturated carbocycles. The molecule has 1 aliphatic heterocycles. The molecular formula is C27H28N2O2. The van der Waals surface area contributed by atoms with Gasteiger partial charge in [0.2, 0.25) is 0 Å². The number of nitrogens with zero attached hydrogens (tertiary/aromatic N) is 1. The van der Waals surface area contributed by atoms with E-state index in [1.54, 1.807) is 0 Å². The minimum absolute atomic E-state index is 0.130. The molecule has 4 heteroatoms. The van der Waals surface area contributed by atoms with Crippen LogP contribution in [0.3, 0.4) is 0 Å². The molecule has 158 valence electrons. The number of amides is 1. The number of piperidine rings is 1. The van der Waals surface area contributed by atoms with Crippen molar-refractivity contribution >= 4 is 5.91 Å². The first-order chi connectivity index (χ1) is 15.1. The molecule has 0 radical (unpaired) electrons. The summed E-state index contributed by atoms with van der Waals surface area (Å²) in [6.45, 7) is 4.19. The summed E-state index contributed by atoms with van der Waals surface area (Å²) in [7, 11) is 0. The van der Waals surface area contributed by atoms with Crippen LogP contribution in [0.4, 0.5) is 0 Å². The summed E-state index contributed by atoms with van der Waals surface area (Å²) in [5.74, 6) is 0.559. The van der Waals surface area contributed by atoms with E-state index < -0.39 is 5.60 Å². The summed E-state index contributed by atoms with van der Waals surface area (Å²) in [5, 5.41) is 14.8. The Kier molecular flexibility index (Phi) is 5.12. The van der Waals surface area contributed by atoms with Crippen molar-refractivity contribution in [2.45, 2.75) is 24.6 Å². The van der Waals surface area contributed by atoms with Crippen LogP contribution in [0.15, 0.2) is 91.0 Å². The Morgan fingerprint density at radius 3 is 1.81 bits per heavy atom. The summed E-state index contributed by atoms with van der Waals surface area (Å²) in [4.78, 5) is 15.9. The van der Waals surface area contributed by atoms with E-state index in [1.165, 1.54) is 5.56 Å². The largest absolute Gasteiger partial charge is 0.372 e. The molecule has 3 atom stereocenters. The number of carbonyl (C=O) groups is 1. The first kappa shape index (κ1) is 20.0. The SMILES string of the molecule is CC(c1ccccc1)N1CC2C(C1)C2NC(=O)C(O)(c1ccccc1)c1ccccc1. The number of rotatable bonds is 6. The summed E-state index contributed by atoms with van der Waals surface area (Å²) in [6, 6.07) is 29.5. The van der Waals surface area contributed by atoms with Gasteiger partial charge in [-0.15, -0.1) is 0 Å². The normalized spacial score (nSPS) is 23.7. The maximum atomic E-state index is 13.4. The fraction of sp³-hybridized carbons (Fsp3) is 0.296. The Morgan fingerprint density at radius 2 is 1.32 bits per heavy atom. The molecule has 2 N–H and O–H groups in total. The van der Waals surface area contributed by atoms with Gasteiger partial charge in [0.05, 0.1) is 0 Å². The molecule has 5 rings (SSSR count). The van der Waals surface area contributed by atoms with E-state index in [1.807, 2.05) is 66.7 Å². The van der Waals surface area contributed by atoms with E-state index in [-0.39, 0.29) is 11.9 Å². The Labute approximate surface area is 183 Å². The smallest absolute Gasteiger partial charge is 0.261 e. The molecule has 1 heterocycles. The molecule has 31 heavy (non-hydrogen) atoms. The Balaban J connectivity index is 1.29. The van der Waals surface area contributed by atoms with Gasteiger partial charge in [-0.3, -0.25) is 9.69 Å². The molecule has 3 unspecified atom stereocenters. The molecule has 0 bridgehead atoms. The Bertz CT molecular complexity index is 987. The lowest BCUT2D eigenvalue weighted by molar-refractivity contribution is -0.137. The highest BCUT2D eigenvalue weighted by atomic mass is 16.3. The average molecular weight is 413 g/mol. The number of fused-ring (bicyclic) bond motifs is 1. The predicted molar refractivity (Wildman–Crippen MR) is 121 cm³/mol. The summed E-state index contributed by atoms with van der Waals surface area (Å²) in [5.41, 5.74) is 0.802. The minimum Gasteiger partial charge on any atom is -0.372 e. The van der Waals surface area contributed by atoms with E-state index in [0.717, 1.165) is 13.1 Å². The third-order valence-electron chi connectivity index (χ3n) is 7.06. The molecule has 1 aliphatic carbocycles. The first-order valence-electron chi connectivity index (χ1n) is 11.0. The van der Waals surface area contributed by atoms with E-state index >= 15 is 0 Å². The molecule has 4 nitrogen and oxygen atoms in total. The van der Waals surface area contributed by atoms with Crippen molar-refractivity contribution in [2.75, 3.05) is 13.1 Å². The number of hydrogen-bond donors (Lipinski definition) is 2. The van der Waals surface area contributed by atoms with Gasteiger partial charge in [-0.25, -0.2) is 0 Å². The maximum Gasteiger partial charge on any atom is 0.261 e. The molecule has 0 aromatic heterocycles. The second-order valence-corrected chi connectivity index (χ2v) is 8.81. The van der Waals surface area contributed by atoms with Crippen LogP contribution in [0.5, 0.6) is 0 Å². The quantitative estimate of drug-likeness (QED) is 0.649. The Morgan fingerprint density at radius 1 is 0.871 bits per heavy atom. The van der Waals surface area contributed by atoms with Crippen LogP contribution >= 0.6 is 0 Å². The zero-order valence-electron chi connectivity index (χ0n) is 17.7. The van der Waals surface area contributed by atoms with Crippen molar-refractivity contribution in [3.63, 3.8) is 0 Å². The molecule has 2 fully saturated rings. The zero-order valence-corrected chi connectivity index (χ0v) is 17.7. The van der Waals surface area contributed by atoms with Gasteiger partial charge in [0.15, 0.2) is 5.60 Å². The van der Waals surface area contributed by atoms with E-state index in [9.17, 15) is 9.90 Å². The van der Waals surface area contributed by atoms with Gasteiger partial charge in [0, 0.05) is 25.2 Å². The lowest BCUT2D eigenvalue weighted by atomic mass is 9.85. The van der Waals surface area contributed by atoms with Gasteiger partial charge in [0.1, 0.15) is 0 Å². The lowest BCUT2D eigenvalue weighted by Gasteiger charge is -2.30. The Hall–Kier alpha value is -2.95. The number of benzene rings is 3. The van der Waals surface area contributed by atoms with E-state index in [4.69, 9.17) is 0 Å². The van der Waals surface area contributed by atoms with E-state index in [2.05, 4.69) is 41.4 Å². The highest BCUT2D eigenvalue weighted by Crippen LogP contribution is 2.48. The lowest BCUT2D eigenvalue weighted by Crippen LogP contribution is -2.48. The summed E-state index contributed by atoms with van der Waals surface area (Å²) < 4.78 is 0. The molecule has 1 saturated heterocycles. The summed E-state index contributed by atoms with van der Waals surface area (Å²) >= 11 is 0. The van der Waals surface area contributed by atoms with Crippen LogP contribution in [0.1, 0.15) is 29.7 Å². The molecule has 3 aromatic rings. The minimum atomic E-state index is -1.70. The molecule has 1 amide bonds. The fourth-order valence-electron chi connectivity index (χ4n) is 5.08. The third kappa shape index (κ3) is 3.56. The van der Waals surface area contributed by atoms with Gasteiger partial charge < -0.3 is 10.4 Å². The predicted octanol–water partition coefficient (Wildman–Crippen LogP) is 3.73. The van der Waals surface area contributed by atoms with Crippen LogP contribution in [0.25, 0.3) is 0 Å². The van der Waals surface area contributed by atoms with E-state index in [0.29, 0.717) is 29.0 Å². The van der Waals surface area contributed by atoms with Gasteiger partial charge in [-0.1, -0.05) is 91.0 Å². The highest BCUT2D eigenvalue weighted by Gasteiger charge is 2.58. The van der Waals surface area contributed by atoms with Crippen molar-refractivity contribution in [3.8, 4) is 0 Å². The van der Waals surface area contributed by atoms with Crippen LogP contribution in [-0.2, 0) is 10.4 Å². The number of hydrogen-bond acceptors (Lipinski definition) is 3. The van der Waals surface area contributed by atoms with Gasteiger partial charge >= 0.3 is 0 Å². The third-order valence-corrected chi connectivity index (χ3v) is 7.06. The monoisotopic (exact) mass is 412 g/mol. The van der Waals surface area contributed by atoms with Crippen LogP contribution in [0, 0.1) is 11.8 Å². The second kappa shape index (κ2) is 7.95. The first-order valence-corrected chi connectivity index (χ1v) is 11.0. The van der Waals surface area contributed by atoms with Crippen molar-refractivity contribution in [2.24, 2.45) is 11.8 Å². The van der Waals surface area contributed by atoms with Crippen molar-refractivity contribution in [3.05, 3.63) is 108 Å². The van der Waals surface area contributed by atoms with Gasteiger partial charge in [-0.05, 0) is 35.4 Å². The van der Waals surface area contributed by atoms with Crippen LogP contribution < -0.4 is 5.32 Å². The second-order valence-electron chi connectivity index (χ2n) is 8.81. The number of nitrogens with one attached hydrogen (secondary N) is 1. The standard InChI is InChI=1S/C27H28N2O2/c1-19(20-11-5-2-6-12-20)29-17-23-24(18-29)25(23)28-26(30)27(31,21-13-7-3-8-14-21)22-15-9-4-10-16-22/h2-16,19,23-25,31H,17-18H2,1H3,(H,28,30).